The van der Waals surface area contributed by atoms with Crippen LogP contribution in [0.2, 0.25) is 0 Å². The third-order valence-electron chi connectivity index (χ3n) is 11.6. The van der Waals surface area contributed by atoms with Crippen molar-refractivity contribution in [1.29, 1.82) is 0 Å². The molecule has 0 aromatic heterocycles. The van der Waals surface area contributed by atoms with Gasteiger partial charge in [-0.15, -0.1) is 0 Å². The van der Waals surface area contributed by atoms with Gasteiger partial charge in [0.15, 0.2) is 0 Å². The number of carbonyl (C=O) groups excluding carboxylic acids is 4. The molecule has 0 bridgehead atoms. The van der Waals surface area contributed by atoms with E-state index in [1.165, 1.54) is 32.4 Å². The van der Waals surface area contributed by atoms with Crippen molar-refractivity contribution in [1.82, 2.24) is 0 Å². The van der Waals surface area contributed by atoms with Gasteiger partial charge < -0.3 is 45.5 Å². The van der Waals surface area contributed by atoms with Crippen LogP contribution in [0.5, 0.6) is 17.2 Å². The summed E-state index contributed by atoms with van der Waals surface area (Å²) in [6.07, 6.45) is 1.68. The summed E-state index contributed by atoms with van der Waals surface area (Å²) in [7, 11) is 2.66. The number of amides is 2. The van der Waals surface area contributed by atoms with Gasteiger partial charge in [-0.25, -0.2) is 14.4 Å². The Kier molecular flexibility index (Phi) is 20.0. The third kappa shape index (κ3) is 14.9. The number of carbonyl (C=O) groups is 5. The zero-order valence-corrected chi connectivity index (χ0v) is 42.8. The van der Waals surface area contributed by atoms with Crippen LogP contribution in [-0.4, -0.2) is 67.4 Å². The maximum atomic E-state index is 13.1. The van der Waals surface area contributed by atoms with Crippen molar-refractivity contribution in [3.8, 4) is 50.6 Å². The quantitative estimate of drug-likeness (QED) is 0.0452. The zero-order chi connectivity index (χ0) is 54.6. The van der Waals surface area contributed by atoms with E-state index in [0.29, 0.717) is 52.8 Å². The minimum absolute atomic E-state index is 0.0000519. The SMILES string of the molecule is CCCOc1ccc(C)c(C(=O)Nc2cc(-c3ccccc3)ccc2C(=O)OC)c1.CCCOc1ccc(O)c(C(=O)Nc2cc(-c3ccccc3)ccc2C(=O)O)c1.COC(=O)c1ccc(-c2ccccc2)cc1N. The van der Waals surface area contributed by atoms with Gasteiger partial charge in [0.05, 0.1) is 61.1 Å². The van der Waals surface area contributed by atoms with Gasteiger partial charge in [-0.1, -0.05) is 129 Å². The Hall–Kier alpha value is -9.69. The summed E-state index contributed by atoms with van der Waals surface area (Å²) in [6.45, 7) is 6.90. The van der Waals surface area contributed by atoms with E-state index in [-0.39, 0.29) is 28.5 Å². The Morgan fingerprint density at radius 1 is 0.461 bits per heavy atom. The Morgan fingerprint density at radius 3 is 1.33 bits per heavy atom. The summed E-state index contributed by atoms with van der Waals surface area (Å²) in [6, 6.07) is 54.1. The topological polar surface area (TPSA) is 213 Å². The van der Waals surface area contributed by atoms with Crippen LogP contribution in [0.4, 0.5) is 17.1 Å². The van der Waals surface area contributed by atoms with Gasteiger partial charge in [0.1, 0.15) is 17.2 Å². The van der Waals surface area contributed by atoms with Crippen molar-refractivity contribution in [2.45, 2.75) is 33.6 Å². The standard InChI is InChI=1S/C25H25NO4.C23H21NO5.C14H13NO2/c1-4-14-30-20-12-10-17(2)22(16-20)24(27)26-23-15-19(18-8-6-5-7-9-18)11-13-21(23)25(28)29-3;1-2-12-29-17-9-11-21(25)19(14-17)22(26)24-20-13-16(8-10-18(20)23(27)28)15-6-4-3-5-7-15;1-17-14(16)12-8-7-11(9-13(12)15)10-5-3-2-4-6-10/h5-13,15-16H,4,14H2,1-3H3,(H,26,27);3-11,13-14,25H,2,12H2,1H3,(H,24,26)(H,27,28);2-9H,15H2,1H3. The molecule has 0 aliphatic rings. The number of benzene rings is 8. The van der Waals surface area contributed by atoms with Gasteiger partial charge in [0.25, 0.3) is 11.8 Å². The van der Waals surface area contributed by atoms with Crippen LogP contribution in [-0.2, 0) is 9.47 Å². The number of carboxylic acid groups (broad SMARTS) is 1. The number of aromatic hydroxyl groups is 1. The molecule has 0 heterocycles. The summed E-state index contributed by atoms with van der Waals surface area (Å²) in [5, 5.41) is 25.1. The summed E-state index contributed by atoms with van der Waals surface area (Å²) in [5.74, 6) is -2.16. The number of phenols is 1. The highest BCUT2D eigenvalue weighted by Gasteiger charge is 2.20. The van der Waals surface area contributed by atoms with Gasteiger partial charge >= 0.3 is 17.9 Å². The van der Waals surface area contributed by atoms with Crippen LogP contribution in [0, 0.1) is 6.92 Å². The Bertz CT molecular complexity index is 3290. The lowest BCUT2D eigenvalue weighted by atomic mass is 10.0. The summed E-state index contributed by atoms with van der Waals surface area (Å²) in [5.41, 5.74) is 14.3. The van der Waals surface area contributed by atoms with Crippen molar-refractivity contribution >= 4 is 46.8 Å². The van der Waals surface area contributed by atoms with Crippen LogP contribution in [0.15, 0.2) is 182 Å². The molecule has 388 valence electrons. The lowest BCUT2D eigenvalue weighted by Gasteiger charge is -2.14. The van der Waals surface area contributed by atoms with E-state index >= 15 is 0 Å². The predicted octanol–water partition coefficient (Wildman–Crippen LogP) is 13.0. The monoisotopic (exact) mass is 1020 g/mol. The van der Waals surface area contributed by atoms with Crippen LogP contribution in [0.1, 0.15) is 84.0 Å². The number of nitrogens with one attached hydrogen (secondary N) is 2. The van der Waals surface area contributed by atoms with E-state index < -0.39 is 23.8 Å². The third-order valence-corrected chi connectivity index (χ3v) is 11.6. The molecule has 0 fully saturated rings. The van der Waals surface area contributed by atoms with Crippen molar-refractivity contribution in [2.75, 3.05) is 43.8 Å². The first-order chi connectivity index (χ1) is 36.7. The second-order valence-corrected chi connectivity index (χ2v) is 17.0. The molecule has 0 aliphatic heterocycles. The lowest BCUT2D eigenvalue weighted by Crippen LogP contribution is -2.17. The molecule has 76 heavy (non-hydrogen) atoms. The molecular formula is C62H59N3O11. The molecular weight excluding hydrogens is 963 g/mol. The fourth-order valence-electron chi connectivity index (χ4n) is 7.60. The van der Waals surface area contributed by atoms with Crippen LogP contribution < -0.4 is 25.8 Å². The molecule has 6 N–H and O–H groups in total. The van der Waals surface area contributed by atoms with Crippen molar-refractivity contribution in [3.05, 3.63) is 215 Å². The van der Waals surface area contributed by atoms with E-state index in [2.05, 4.69) is 15.4 Å². The number of aromatic carboxylic acids is 1. The Labute approximate surface area is 441 Å². The average Bonchev–Trinajstić information content (AvgIpc) is 3.45. The average molecular weight is 1020 g/mol. The number of hydrogen-bond acceptors (Lipinski definition) is 11. The number of rotatable bonds is 16. The van der Waals surface area contributed by atoms with E-state index in [1.807, 2.05) is 136 Å². The Balaban J connectivity index is 0.000000192. The van der Waals surface area contributed by atoms with Gasteiger partial charge in [0, 0.05) is 11.3 Å². The summed E-state index contributed by atoms with van der Waals surface area (Å²) < 4.78 is 20.7. The number of anilines is 3. The summed E-state index contributed by atoms with van der Waals surface area (Å²) >= 11 is 0. The molecule has 8 aromatic rings. The van der Waals surface area contributed by atoms with E-state index in [4.69, 9.17) is 19.9 Å². The molecule has 0 aliphatic carbocycles. The molecule has 8 rings (SSSR count). The van der Waals surface area contributed by atoms with Gasteiger partial charge in [0.2, 0.25) is 0 Å². The van der Waals surface area contributed by atoms with E-state index in [0.717, 1.165) is 51.8 Å². The van der Waals surface area contributed by atoms with Gasteiger partial charge in [-0.2, -0.15) is 0 Å². The van der Waals surface area contributed by atoms with Gasteiger partial charge in [-0.05, 0) is 125 Å². The molecule has 0 radical (unpaired) electrons. The highest BCUT2D eigenvalue weighted by Crippen LogP contribution is 2.31. The largest absolute Gasteiger partial charge is 0.507 e. The van der Waals surface area contributed by atoms with Crippen LogP contribution in [0.25, 0.3) is 33.4 Å². The number of methoxy groups -OCH3 is 2. The highest BCUT2D eigenvalue weighted by molar-refractivity contribution is 6.10. The summed E-state index contributed by atoms with van der Waals surface area (Å²) in [4.78, 5) is 61.0. The predicted molar refractivity (Wildman–Crippen MR) is 296 cm³/mol. The molecule has 8 aromatic carbocycles. The van der Waals surface area contributed by atoms with E-state index in [1.54, 1.807) is 48.5 Å². The molecule has 0 spiro atoms. The smallest absolute Gasteiger partial charge is 0.339 e. The number of aryl methyl sites for hydroxylation is 1. The molecule has 2 amide bonds. The Morgan fingerprint density at radius 2 is 0.868 bits per heavy atom. The number of phenolic OH excluding ortho intramolecular Hbond substituents is 1. The molecule has 14 nitrogen and oxygen atoms in total. The minimum Gasteiger partial charge on any atom is -0.507 e. The second kappa shape index (κ2) is 27.4. The number of nitrogen functional groups attached to an aromatic ring is 1. The molecule has 14 heteroatoms. The second-order valence-electron chi connectivity index (χ2n) is 17.0. The van der Waals surface area contributed by atoms with Crippen molar-refractivity contribution < 1.29 is 53.1 Å². The number of hydrogen-bond donors (Lipinski definition) is 5. The zero-order valence-electron chi connectivity index (χ0n) is 42.8. The van der Waals surface area contributed by atoms with Crippen LogP contribution >= 0.6 is 0 Å². The van der Waals surface area contributed by atoms with Gasteiger partial charge in [-0.3, -0.25) is 9.59 Å². The number of nitrogens with two attached hydrogens (primary N) is 1. The maximum Gasteiger partial charge on any atom is 0.339 e. The first kappa shape index (κ1) is 55.6. The number of ether oxygens (including phenoxy) is 4. The molecule has 0 saturated carbocycles. The minimum atomic E-state index is -1.16. The normalized spacial score (nSPS) is 10.3. The van der Waals surface area contributed by atoms with E-state index in [9.17, 15) is 34.2 Å². The first-order valence-electron chi connectivity index (χ1n) is 24.3. The molecule has 0 saturated heterocycles. The first-order valence-corrected chi connectivity index (χ1v) is 24.3. The maximum absolute atomic E-state index is 13.1. The number of carboxylic acids is 1. The number of esters is 2. The lowest BCUT2D eigenvalue weighted by molar-refractivity contribution is 0.0593. The van der Waals surface area contributed by atoms with Crippen molar-refractivity contribution in [2.24, 2.45) is 0 Å². The molecule has 0 unspecified atom stereocenters. The highest BCUT2D eigenvalue weighted by atomic mass is 16.5. The van der Waals surface area contributed by atoms with Crippen molar-refractivity contribution in [3.63, 3.8) is 0 Å². The molecule has 0 atom stereocenters. The fraction of sp³-hybridized carbons (Fsp3) is 0.145. The fourth-order valence-corrected chi connectivity index (χ4v) is 7.60. The van der Waals surface area contributed by atoms with Crippen LogP contribution in [0.3, 0.4) is 0 Å².